The summed E-state index contributed by atoms with van der Waals surface area (Å²) in [7, 11) is 0. The lowest BCUT2D eigenvalue weighted by Crippen LogP contribution is -2.49. The zero-order valence-corrected chi connectivity index (χ0v) is 14.9. The summed E-state index contributed by atoms with van der Waals surface area (Å²) < 4.78 is 5.55. The third kappa shape index (κ3) is 3.98. The van der Waals surface area contributed by atoms with Crippen molar-refractivity contribution in [1.29, 1.82) is 0 Å². The molecule has 1 aromatic rings. The predicted molar refractivity (Wildman–Crippen MR) is 99.1 cm³/mol. The number of piperidine rings is 2. The van der Waals surface area contributed by atoms with Gasteiger partial charge in [0.1, 0.15) is 5.75 Å². The van der Waals surface area contributed by atoms with E-state index in [0.717, 1.165) is 69.4 Å². The van der Waals surface area contributed by atoms with Crippen LogP contribution >= 0.6 is 0 Å². The minimum absolute atomic E-state index is 0.0214. The van der Waals surface area contributed by atoms with Crippen molar-refractivity contribution in [2.75, 3.05) is 38.1 Å². The number of carbonyl (C=O) groups excluding carboxylic acids is 1. The van der Waals surface area contributed by atoms with E-state index in [1.807, 2.05) is 12.1 Å². The number of amides is 1. The Morgan fingerprint density at radius 3 is 3.00 bits per heavy atom. The predicted octanol–water partition coefficient (Wildman–Crippen LogP) is 2.41. The van der Waals surface area contributed by atoms with Crippen molar-refractivity contribution >= 4 is 11.6 Å². The quantitative estimate of drug-likeness (QED) is 0.882. The summed E-state index contributed by atoms with van der Waals surface area (Å²) in [5, 5.41) is 6.59. The molecule has 2 N–H and O–H groups in total. The summed E-state index contributed by atoms with van der Waals surface area (Å²) in [4.78, 5) is 15.4. The topological polar surface area (TPSA) is 53.6 Å². The van der Waals surface area contributed by atoms with Gasteiger partial charge in [-0.2, -0.15) is 0 Å². The smallest absolute Gasteiger partial charge is 0.241 e. The van der Waals surface area contributed by atoms with Gasteiger partial charge >= 0.3 is 0 Å². The Bertz CT molecular complexity index is 613. The molecule has 136 valence electrons. The molecule has 5 nitrogen and oxygen atoms in total. The highest BCUT2D eigenvalue weighted by molar-refractivity contribution is 5.95. The van der Waals surface area contributed by atoms with Gasteiger partial charge in [0.05, 0.1) is 12.6 Å². The van der Waals surface area contributed by atoms with Gasteiger partial charge < -0.3 is 15.4 Å². The third-order valence-corrected chi connectivity index (χ3v) is 5.82. The standard InChI is InChI=1S/C20H29N3O2/c24-20(22-17-4-5-19-16(13-17)8-12-25-19)18-3-1-2-11-23(18)14-15-6-9-21-10-7-15/h4-5,13,15,18,21H,1-3,6-12,14H2,(H,22,24). The first-order valence-electron chi connectivity index (χ1n) is 9.81. The van der Waals surface area contributed by atoms with Gasteiger partial charge in [0.25, 0.3) is 0 Å². The van der Waals surface area contributed by atoms with E-state index in [4.69, 9.17) is 4.74 Å². The molecule has 0 radical (unpaired) electrons. The Morgan fingerprint density at radius 2 is 2.12 bits per heavy atom. The van der Waals surface area contributed by atoms with Gasteiger partial charge in [-0.15, -0.1) is 0 Å². The number of ether oxygens (including phenoxy) is 1. The number of rotatable bonds is 4. The molecule has 2 fully saturated rings. The van der Waals surface area contributed by atoms with Crippen LogP contribution in [0.2, 0.25) is 0 Å². The van der Waals surface area contributed by atoms with Crippen molar-refractivity contribution in [3.8, 4) is 5.75 Å². The van der Waals surface area contributed by atoms with Crippen LogP contribution in [0.1, 0.15) is 37.7 Å². The second-order valence-electron chi connectivity index (χ2n) is 7.61. The molecule has 1 atom stereocenters. The highest BCUT2D eigenvalue weighted by Crippen LogP contribution is 2.28. The molecule has 3 aliphatic heterocycles. The average molecular weight is 343 g/mol. The summed E-state index contributed by atoms with van der Waals surface area (Å²) in [6.07, 6.45) is 6.74. The van der Waals surface area contributed by atoms with E-state index in [1.165, 1.54) is 24.8 Å². The summed E-state index contributed by atoms with van der Waals surface area (Å²) in [5.41, 5.74) is 2.11. The van der Waals surface area contributed by atoms with Crippen LogP contribution in [0.4, 0.5) is 5.69 Å². The molecule has 1 unspecified atom stereocenters. The van der Waals surface area contributed by atoms with Crippen LogP contribution in [-0.4, -0.2) is 49.6 Å². The van der Waals surface area contributed by atoms with Gasteiger partial charge in [0.15, 0.2) is 0 Å². The van der Waals surface area contributed by atoms with Gasteiger partial charge in [-0.05, 0) is 75.0 Å². The molecular weight excluding hydrogens is 314 g/mol. The SMILES string of the molecule is O=C(Nc1ccc2c(c1)CCO2)C1CCCCN1CC1CCNCC1. The van der Waals surface area contributed by atoms with Crippen molar-refractivity contribution in [3.63, 3.8) is 0 Å². The van der Waals surface area contributed by atoms with Crippen LogP contribution in [0.3, 0.4) is 0 Å². The number of hydrogen-bond donors (Lipinski definition) is 2. The lowest BCUT2D eigenvalue weighted by Gasteiger charge is -2.38. The van der Waals surface area contributed by atoms with Crippen molar-refractivity contribution in [2.24, 2.45) is 5.92 Å². The number of carbonyl (C=O) groups is 1. The highest BCUT2D eigenvalue weighted by atomic mass is 16.5. The van der Waals surface area contributed by atoms with Crippen LogP contribution in [0.25, 0.3) is 0 Å². The normalized spacial score (nSPS) is 24.6. The minimum Gasteiger partial charge on any atom is -0.493 e. The molecule has 0 spiro atoms. The maximum Gasteiger partial charge on any atom is 0.241 e. The first-order chi connectivity index (χ1) is 12.3. The van der Waals surface area contributed by atoms with Gasteiger partial charge in [-0.3, -0.25) is 9.69 Å². The molecule has 4 rings (SSSR count). The van der Waals surface area contributed by atoms with Gasteiger partial charge in [-0.25, -0.2) is 0 Å². The molecule has 25 heavy (non-hydrogen) atoms. The number of anilines is 1. The largest absolute Gasteiger partial charge is 0.493 e. The van der Waals surface area contributed by atoms with Crippen molar-refractivity contribution in [2.45, 2.75) is 44.6 Å². The molecule has 0 aromatic heterocycles. The minimum atomic E-state index is 0.0214. The van der Waals surface area contributed by atoms with Crippen molar-refractivity contribution in [3.05, 3.63) is 23.8 Å². The molecule has 3 heterocycles. The Balaban J connectivity index is 1.40. The fraction of sp³-hybridized carbons (Fsp3) is 0.650. The first-order valence-corrected chi connectivity index (χ1v) is 9.81. The second-order valence-corrected chi connectivity index (χ2v) is 7.61. The molecule has 2 saturated heterocycles. The Kier molecular flexibility index (Phi) is 5.22. The van der Waals surface area contributed by atoms with Gasteiger partial charge in [0, 0.05) is 18.7 Å². The Hall–Kier alpha value is -1.59. The fourth-order valence-electron chi connectivity index (χ4n) is 4.39. The molecule has 1 amide bonds. The molecular formula is C20H29N3O2. The Labute approximate surface area is 150 Å². The Morgan fingerprint density at radius 1 is 1.24 bits per heavy atom. The average Bonchev–Trinajstić information content (AvgIpc) is 3.11. The van der Waals surface area contributed by atoms with E-state index in [1.54, 1.807) is 0 Å². The second kappa shape index (κ2) is 7.75. The molecule has 5 heteroatoms. The summed E-state index contributed by atoms with van der Waals surface area (Å²) in [6.45, 7) is 5.11. The highest BCUT2D eigenvalue weighted by Gasteiger charge is 2.30. The van der Waals surface area contributed by atoms with E-state index in [2.05, 4.69) is 21.6 Å². The van der Waals surface area contributed by atoms with E-state index in [9.17, 15) is 4.79 Å². The summed E-state index contributed by atoms with van der Waals surface area (Å²) in [6, 6.07) is 6.03. The van der Waals surface area contributed by atoms with Crippen LogP contribution in [0.5, 0.6) is 5.75 Å². The van der Waals surface area contributed by atoms with E-state index in [-0.39, 0.29) is 11.9 Å². The van der Waals surface area contributed by atoms with E-state index < -0.39 is 0 Å². The van der Waals surface area contributed by atoms with Crippen LogP contribution in [0.15, 0.2) is 18.2 Å². The van der Waals surface area contributed by atoms with Crippen LogP contribution in [0, 0.1) is 5.92 Å². The van der Waals surface area contributed by atoms with Gasteiger partial charge in [0.2, 0.25) is 5.91 Å². The van der Waals surface area contributed by atoms with E-state index in [0.29, 0.717) is 0 Å². The molecule has 1 aromatic carbocycles. The zero-order chi connectivity index (χ0) is 17.1. The lowest BCUT2D eigenvalue weighted by atomic mass is 9.94. The first kappa shape index (κ1) is 16.9. The van der Waals surface area contributed by atoms with E-state index >= 15 is 0 Å². The molecule has 0 aliphatic carbocycles. The third-order valence-electron chi connectivity index (χ3n) is 5.82. The zero-order valence-electron chi connectivity index (χ0n) is 14.9. The number of fused-ring (bicyclic) bond motifs is 1. The number of nitrogens with one attached hydrogen (secondary N) is 2. The summed E-state index contributed by atoms with van der Waals surface area (Å²) in [5.74, 6) is 1.85. The molecule has 0 saturated carbocycles. The summed E-state index contributed by atoms with van der Waals surface area (Å²) >= 11 is 0. The van der Waals surface area contributed by atoms with Crippen LogP contribution < -0.4 is 15.4 Å². The monoisotopic (exact) mass is 343 g/mol. The lowest BCUT2D eigenvalue weighted by molar-refractivity contribution is -0.122. The van der Waals surface area contributed by atoms with Crippen molar-refractivity contribution in [1.82, 2.24) is 10.2 Å². The van der Waals surface area contributed by atoms with Crippen LogP contribution in [-0.2, 0) is 11.2 Å². The number of benzene rings is 1. The maximum atomic E-state index is 12.9. The number of hydrogen-bond acceptors (Lipinski definition) is 4. The van der Waals surface area contributed by atoms with Gasteiger partial charge in [-0.1, -0.05) is 6.42 Å². The molecule has 0 bridgehead atoms. The maximum absolute atomic E-state index is 12.9. The van der Waals surface area contributed by atoms with Crippen molar-refractivity contribution < 1.29 is 9.53 Å². The molecule has 3 aliphatic rings. The fourth-order valence-corrected chi connectivity index (χ4v) is 4.39. The number of nitrogens with zero attached hydrogens (tertiary/aromatic N) is 1. The number of likely N-dealkylation sites (tertiary alicyclic amines) is 1.